The second-order valence-corrected chi connectivity index (χ2v) is 4.66. The highest BCUT2D eigenvalue weighted by Crippen LogP contribution is 2.20. The van der Waals surface area contributed by atoms with Gasteiger partial charge in [0.15, 0.2) is 0 Å². The van der Waals surface area contributed by atoms with Crippen molar-refractivity contribution in [3.8, 4) is 0 Å². The summed E-state index contributed by atoms with van der Waals surface area (Å²) in [5.74, 6) is 0.937. The summed E-state index contributed by atoms with van der Waals surface area (Å²) < 4.78 is 6.94. The van der Waals surface area contributed by atoms with Crippen molar-refractivity contribution in [3.63, 3.8) is 0 Å². The number of hydrogen-bond donors (Lipinski definition) is 1. The van der Waals surface area contributed by atoms with Gasteiger partial charge in [0.25, 0.3) is 0 Å². The van der Waals surface area contributed by atoms with Gasteiger partial charge in [-0.05, 0) is 18.6 Å². The van der Waals surface area contributed by atoms with Crippen LogP contribution in [0.5, 0.6) is 0 Å². The molecule has 19 heavy (non-hydrogen) atoms. The lowest BCUT2D eigenvalue weighted by Crippen LogP contribution is -2.37. The molecule has 1 atom stereocenters. The van der Waals surface area contributed by atoms with Crippen LogP contribution in [0.4, 0.5) is 5.69 Å². The first-order valence-corrected chi connectivity index (χ1v) is 6.30. The summed E-state index contributed by atoms with van der Waals surface area (Å²) >= 11 is 0. The minimum absolute atomic E-state index is 0.0968. The predicted octanol–water partition coefficient (Wildman–Crippen LogP) is 0.908. The maximum absolute atomic E-state index is 12.3. The number of rotatable bonds is 4. The van der Waals surface area contributed by atoms with Crippen molar-refractivity contribution in [2.24, 2.45) is 7.05 Å². The van der Waals surface area contributed by atoms with Crippen LogP contribution in [0.1, 0.15) is 12.2 Å². The lowest BCUT2D eigenvalue weighted by molar-refractivity contribution is -0.118. The molecule has 6 heteroatoms. The number of carbonyl (C=O) groups excluding carboxylic acids is 1. The van der Waals surface area contributed by atoms with Crippen LogP contribution in [0.3, 0.4) is 0 Å². The molecule has 0 aliphatic carbocycles. The zero-order chi connectivity index (χ0) is 13.2. The first-order valence-electron chi connectivity index (χ1n) is 6.30. The van der Waals surface area contributed by atoms with E-state index in [0.29, 0.717) is 6.54 Å². The van der Waals surface area contributed by atoms with E-state index in [1.165, 1.54) is 0 Å². The fraction of sp³-hybridized carbons (Fsp3) is 0.385. The van der Waals surface area contributed by atoms with Crippen LogP contribution in [-0.2, 0) is 18.4 Å². The monoisotopic (exact) mass is 260 g/mol. The molecule has 1 aliphatic rings. The van der Waals surface area contributed by atoms with Gasteiger partial charge in [-0.15, -0.1) is 0 Å². The lowest BCUT2D eigenvalue weighted by atomic mass is 10.2. The molecule has 2 aromatic heterocycles. The molecule has 0 spiro atoms. The van der Waals surface area contributed by atoms with Crippen molar-refractivity contribution in [2.75, 3.05) is 11.4 Å². The van der Waals surface area contributed by atoms with E-state index >= 15 is 0 Å². The van der Waals surface area contributed by atoms with Crippen molar-refractivity contribution >= 4 is 11.6 Å². The normalized spacial score (nSPS) is 19.3. The van der Waals surface area contributed by atoms with Crippen LogP contribution in [0.2, 0.25) is 0 Å². The van der Waals surface area contributed by atoms with Gasteiger partial charge in [0, 0.05) is 19.8 Å². The van der Waals surface area contributed by atoms with Gasteiger partial charge < -0.3 is 9.32 Å². The molecular weight excluding hydrogens is 244 g/mol. The van der Waals surface area contributed by atoms with E-state index in [9.17, 15) is 4.79 Å². The van der Waals surface area contributed by atoms with Crippen LogP contribution >= 0.6 is 0 Å². The summed E-state index contributed by atoms with van der Waals surface area (Å²) in [7, 11) is 1.84. The van der Waals surface area contributed by atoms with E-state index in [0.717, 1.165) is 24.4 Å². The molecule has 1 unspecified atom stereocenters. The van der Waals surface area contributed by atoms with Gasteiger partial charge in [-0.1, -0.05) is 0 Å². The summed E-state index contributed by atoms with van der Waals surface area (Å²) in [6.07, 6.45) is 6.00. The molecular formula is C13H16N4O2. The highest BCUT2D eigenvalue weighted by Gasteiger charge is 2.32. The quantitative estimate of drug-likeness (QED) is 0.887. The summed E-state index contributed by atoms with van der Waals surface area (Å²) in [6, 6.07) is 3.59. The zero-order valence-electron chi connectivity index (χ0n) is 10.7. The maximum Gasteiger partial charge on any atom is 0.244 e. The Balaban J connectivity index is 1.62. The zero-order valence-corrected chi connectivity index (χ0v) is 10.7. The molecule has 0 bridgehead atoms. The van der Waals surface area contributed by atoms with Crippen molar-refractivity contribution in [3.05, 3.63) is 36.5 Å². The molecule has 100 valence electrons. The fourth-order valence-electron chi connectivity index (χ4n) is 2.31. The second kappa shape index (κ2) is 4.89. The number of hydrogen-bond acceptors (Lipinski definition) is 4. The summed E-state index contributed by atoms with van der Waals surface area (Å²) in [5, 5.41) is 7.32. The van der Waals surface area contributed by atoms with Gasteiger partial charge in [-0.2, -0.15) is 5.10 Å². The molecule has 1 fully saturated rings. The Hall–Kier alpha value is -2.08. The molecule has 3 heterocycles. The molecule has 3 rings (SSSR count). The number of amides is 1. The highest BCUT2D eigenvalue weighted by molar-refractivity contribution is 5.99. The molecule has 0 saturated carbocycles. The number of carbonyl (C=O) groups is 1. The second-order valence-electron chi connectivity index (χ2n) is 4.66. The summed E-state index contributed by atoms with van der Waals surface area (Å²) in [6.45, 7) is 1.30. The van der Waals surface area contributed by atoms with Gasteiger partial charge in [-0.3, -0.25) is 14.8 Å². The Labute approximate surface area is 111 Å². The number of nitrogens with one attached hydrogen (secondary N) is 1. The van der Waals surface area contributed by atoms with Gasteiger partial charge in [0.2, 0.25) is 5.91 Å². The van der Waals surface area contributed by atoms with Gasteiger partial charge >= 0.3 is 0 Å². The molecule has 1 aliphatic heterocycles. The van der Waals surface area contributed by atoms with E-state index in [-0.39, 0.29) is 11.9 Å². The minimum Gasteiger partial charge on any atom is -0.468 e. The van der Waals surface area contributed by atoms with E-state index in [1.54, 1.807) is 22.0 Å². The minimum atomic E-state index is -0.148. The number of aromatic nitrogens is 2. The maximum atomic E-state index is 12.3. The molecule has 0 aromatic carbocycles. The van der Waals surface area contributed by atoms with Crippen molar-refractivity contribution < 1.29 is 9.21 Å². The van der Waals surface area contributed by atoms with E-state index in [1.807, 2.05) is 25.4 Å². The van der Waals surface area contributed by atoms with Gasteiger partial charge in [0.1, 0.15) is 5.76 Å². The van der Waals surface area contributed by atoms with Gasteiger partial charge in [-0.25, -0.2) is 0 Å². The number of nitrogens with zero attached hydrogens (tertiary/aromatic N) is 3. The van der Waals surface area contributed by atoms with Crippen LogP contribution < -0.4 is 10.2 Å². The average Bonchev–Trinajstić information content (AvgIpc) is 3.09. The Morgan fingerprint density at radius 3 is 3.16 bits per heavy atom. The first-order chi connectivity index (χ1) is 9.24. The highest BCUT2D eigenvalue weighted by atomic mass is 16.3. The van der Waals surface area contributed by atoms with Crippen molar-refractivity contribution in [2.45, 2.75) is 19.0 Å². The summed E-state index contributed by atoms with van der Waals surface area (Å²) in [4.78, 5) is 14.0. The molecule has 1 N–H and O–H groups in total. The van der Waals surface area contributed by atoms with E-state index in [4.69, 9.17) is 4.42 Å². The van der Waals surface area contributed by atoms with Crippen molar-refractivity contribution in [1.29, 1.82) is 0 Å². The Morgan fingerprint density at radius 1 is 1.58 bits per heavy atom. The third kappa shape index (κ3) is 2.39. The SMILES string of the molecule is Cn1cc(N2CCC(NCc3ccco3)C2=O)cn1. The number of aryl methyl sites for hydroxylation is 1. The fourth-order valence-corrected chi connectivity index (χ4v) is 2.31. The number of anilines is 1. The van der Waals surface area contributed by atoms with E-state index < -0.39 is 0 Å². The Bertz CT molecular complexity index is 561. The molecule has 6 nitrogen and oxygen atoms in total. The van der Waals surface area contributed by atoms with Crippen LogP contribution in [0, 0.1) is 0 Å². The topological polar surface area (TPSA) is 63.3 Å². The molecule has 1 saturated heterocycles. The lowest BCUT2D eigenvalue weighted by Gasteiger charge is -2.14. The largest absolute Gasteiger partial charge is 0.468 e. The smallest absolute Gasteiger partial charge is 0.244 e. The standard InChI is InChI=1S/C13H16N4O2/c1-16-9-10(7-15-16)17-5-4-12(13(17)18)14-8-11-3-2-6-19-11/h2-3,6-7,9,12,14H,4-5,8H2,1H3. The number of furan rings is 1. The molecule has 1 amide bonds. The third-order valence-electron chi connectivity index (χ3n) is 3.31. The van der Waals surface area contributed by atoms with Crippen LogP contribution in [0.25, 0.3) is 0 Å². The van der Waals surface area contributed by atoms with Crippen LogP contribution in [-0.4, -0.2) is 28.3 Å². The Morgan fingerprint density at radius 2 is 2.47 bits per heavy atom. The van der Waals surface area contributed by atoms with Gasteiger partial charge in [0.05, 0.1) is 30.7 Å². The molecule has 2 aromatic rings. The summed E-state index contributed by atoms with van der Waals surface area (Å²) in [5.41, 5.74) is 0.856. The average molecular weight is 260 g/mol. The van der Waals surface area contributed by atoms with E-state index in [2.05, 4.69) is 10.4 Å². The molecule has 0 radical (unpaired) electrons. The first kappa shape index (κ1) is 12.0. The third-order valence-corrected chi connectivity index (χ3v) is 3.31. The predicted molar refractivity (Wildman–Crippen MR) is 69.5 cm³/mol. The van der Waals surface area contributed by atoms with Crippen LogP contribution in [0.15, 0.2) is 35.2 Å². The van der Waals surface area contributed by atoms with Crippen molar-refractivity contribution in [1.82, 2.24) is 15.1 Å². The Kier molecular flexibility index (Phi) is 3.08.